The normalized spacial score (nSPS) is 14.8. The number of carboxylic acid groups (broad SMARTS) is 1. The van der Waals surface area contributed by atoms with Crippen molar-refractivity contribution in [1.29, 1.82) is 0 Å². The maximum atomic E-state index is 13.0. The van der Waals surface area contributed by atoms with Crippen LogP contribution < -0.4 is 4.90 Å². The Bertz CT molecular complexity index is 1080. The number of tetrazole rings is 1. The van der Waals surface area contributed by atoms with Gasteiger partial charge in [0.2, 0.25) is 11.6 Å². The van der Waals surface area contributed by atoms with Crippen LogP contribution in [0.15, 0.2) is 28.8 Å². The number of carbonyl (C=O) groups is 2. The van der Waals surface area contributed by atoms with Gasteiger partial charge in [-0.3, -0.25) is 9.59 Å². The molecule has 2 aromatic heterocycles. The molecule has 1 aliphatic rings. The summed E-state index contributed by atoms with van der Waals surface area (Å²) >= 11 is 0. The van der Waals surface area contributed by atoms with Gasteiger partial charge in [0.1, 0.15) is 0 Å². The number of rotatable bonds is 6. The number of aliphatic carboxylic acids is 1. The standard InChI is InChI=1S/C20H22N6O4/c1-12-3-4-13(2)15(9-12)19(29)14-5-7-25(8-6-14)17-10-16(30-23-17)20-21-24-26(22-20)11-18(27)28/h3-4,9-10,14H,5-8,11H2,1-2H3,(H,27,28). The minimum absolute atomic E-state index is 0.00861. The van der Waals surface area contributed by atoms with Crippen molar-refractivity contribution in [1.82, 2.24) is 25.4 Å². The fourth-order valence-electron chi connectivity index (χ4n) is 3.64. The van der Waals surface area contributed by atoms with Crippen LogP contribution in [0.1, 0.15) is 34.3 Å². The molecule has 30 heavy (non-hydrogen) atoms. The van der Waals surface area contributed by atoms with Gasteiger partial charge in [-0.15, -0.1) is 10.2 Å². The Morgan fingerprint density at radius 2 is 1.97 bits per heavy atom. The van der Waals surface area contributed by atoms with Crippen molar-refractivity contribution in [3.8, 4) is 11.6 Å². The first-order chi connectivity index (χ1) is 14.4. The van der Waals surface area contributed by atoms with E-state index in [1.54, 1.807) is 6.07 Å². The van der Waals surface area contributed by atoms with E-state index in [1.807, 2.05) is 32.0 Å². The molecule has 1 aliphatic heterocycles. The maximum absolute atomic E-state index is 13.0. The molecule has 0 aliphatic carbocycles. The van der Waals surface area contributed by atoms with Crippen LogP contribution >= 0.6 is 0 Å². The number of aryl methyl sites for hydroxylation is 2. The molecule has 10 heteroatoms. The second kappa shape index (κ2) is 8.05. The van der Waals surface area contributed by atoms with E-state index in [2.05, 4.69) is 25.5 Å². The Balaban J connectivity index is 1.40. The molecular formula is C20H22N6O4. The summed E-state index contributed by atoms with van der Waals surface area (Å²) < 4.78 is 5.31. The lowest BCUT2D eigenvalue weighted by atomic mass is 9.87. The average Bonchev–Trinajstić information content (AvgIpc) is 3.38. The van der Waals surface area contributed by atoms with E-state index in [9.17, 15) is 9.59 Å². The molecule has 4 rings (SSSR count). The van der Waals surface area contributed by atoms with Crippen LogP contribution in [0, 0.1) is 19.8 Å². The summed E-state index contributed by atoms with van der Waals surface area (Å²) in [5, 5.41) is 24.3. The smallest absolute Gasteiger partial charge is 0.327 e. The molecule has 1 saturated heterocycles. The van der Waals surface area contributed by atoms with Crippen LogP contribution in [0.3, 0.4) is 0 Å². The first-order valence-electron chi connectivity index (χ1n) is 9.74. The van der Waals surface area contributed by atoms with E-state index < -0.39 is 5.97 Å². The van der Waals surface area contributed by atoms with Crippen LogP contribution in [-0.2, 0) is 11.3 Å². The topological polar surface area (TPSA) is 127 Å². The fourth-order valence-corrected chi connectivity index (χ4v) is 3.64. The lowest BCUT2D eigenvalue weighted by Gasteiger charge is -2.31. The molecule has 156 valence electrons. The summed E-state index contributed by atoms with van der Waals surface area (Å²) in [5.74, 6) is 0.263. The summed E-state index contributed by atoms with van der Waals surface area (Å²) in [4.78, 5) is 26.7. The minimum atomic E-state index is -1.06. The van der Waals surface area contributed by atoms with Crippen molar-refractivity contribution in [2.24, 2.45) is 5.92 Å². The van der Waals surface area contributed by atoms with Crippen LogP contribution in [0.5, 0.6) is 0 Å². The summed E-state index contributed by atoms with van der Waals surface area (Å²) in [6, 6.07) is 7.69. The quantitative estimate of drug-likeness (QED) is 0.608. The molecular weight excluding hydrogens is 388 g/mol. The van der Waals surface area contributed by atoms with Gasteiger partial charge in [0.25, 0.3) is 0 Å². The van der Waals surface area contributed by atoms with Gasteiger partial charge in [-0.1, -0.05) is 22.9 Å². The Morgan fingerprint density at radius 1 is 1.20 bits per heavy atom. The zero-order valence-corrected chi connectivity index (χ0v) is 16.8. The summed E-state index contributed by atoms with van der Waals surface area (Å²) in [6.07, 6.45) is 1.48. The minimum Gasteiger partial charge on any atom is -0.480 e. The highest BCUT2D eigenvalue weighted by molar-refractivity contribution is 5.99. The van der Waals surface area contributed by atoms with E-state index in [4.69, 9.17) is 9.63 Å². The van der Waals surface area contributed by atoms with Crippen molar-refractivity contribution in [2.45, 2.75) is 33.2 Å². The van der Waals surface area contributed by atoms with Crippen molar-refractivity contribution in [3.63, 3.8) is 0 Å². The number of Topliss-reactive ketones (excluding diaryl/α,β-unsaturated/α-hetero) is 1. The van der Waals surface area contributed by atoms with Gasteiger partial charge in [-0.2, -0.15) is 4.80 Å². The first kappa shape index (κ1) is 19.7. The van der Waals surface area contributed by atoms with Gasteiger partial charge in [0.05, 0.1) is 0 Å². The molecule has 0 amide bonds. The number of anilines is 1. The van der Waals surface area contributed by atoms with Crippen LogP contribution in [0.25, 0.3) is 11.6 Å². The second-order valence-corrected chi connectivity index (χ2v) is 7.53. The second-order valence-electron chi connectivity index (χ2n) is 7.53. The van der Waals surface area contributed by atoms with Crippen molar-refractivity contribution >= 4 is 17.6 Å². The van der Waals surface area contributed by atoms with Gasteiger partial charge in [0, 0.05) is 30.6 Å². The predicted molar refractivity (Wildman–Crippen MR) is 106 cm³/mol. The highest BCUT2D eigenvalue weighted by Crippen LogP contribution is 2.28. The number of carbonyl (C=O) groups excluding carboxylic acids is 1. The molecule has 0 unspecified atom stereocenters. The number of carboxylic acids is 1. The molecule has 0 bridgehead atoms. The first-order valence-corrected chi connectivity index (χ1v) is 9.74. The van der Waals surface area contributed by atoms with E-state index in [-0.39, 0.29) is 24.1 Å². The molecule has 0 spiro atoms. The van der Waals surface area contributed by atoms with Crippen molar-refractivity contribution in [3.05, 3.63) is 41.0 Å². The van der Waals surface area contributed by atoms with Crippen molar-refractivity contribution in [2.75, 3.05) is 18.0 Å². The number of nitrogens with zero attached hydrogens (tertiary/aromatic N) is 6. The molecule has 0 radical (unpaired) electrons. The molecule has 0 saturated carbocycles. The van der Waals surface area contributed by atoms with E-state index in [0.717, 1.165) is 34.3 Å². The van der Waals surface area contributed by atoms with E-state index in [1.165, 1.54) is 0 Å². The molecule has 10 nitrogen and oxygen atoms in total. The third-order valence-electron chi connectivity index (χ3n) is 5.30. The number of hydrogen-bond acceptors (Lipinski definition) is 8. The van der Waals surface area contributed by atoms with Crippen molar-refractivity contribution < 1.29 is 19.2 Å². The van der Waals surface area contributed by atoms with Crippen LogP contribution in [-0.4, -0.2) is 55.3 Å². The zero-order chi connectivity index (χ0) is 21.3. The Hall–Kier alpha value is -3.56. The van der Waals surface area contributed by atoms with Crippen LogP contribution in [0.4, 0.5) is 5.82 Å². The number of piperidine rings is 1. The average molecular weight is 410 g/mol. The summed E-state index contributed by atoms with van der Waals surface area (Å²) in [5.41, 5.74) is 2.91. The maximum Gasteiger partial charge on any atom is 0.327 e. The van der Waals surface area contributed by atoms with Gasteiger partial charge in [-0.25, -0.2) is 0 Å². The number of ketones is 1. The van der Waals surface area contributed by atoms with E-state index >= 15 is 0 Å². The lowest BCUT2D eigenvalue weighted by molar-refractivity contribution is -0.138. The Kier molecular flexibility index (Phi) is 5.30. The zero-order valence-electron chi connectivity index (χ0n) is 16.8. The van der Waals surface area contributed by atoms with Gasteiger partial charge in [0.15, 0.2) is 18.1 Å². The number of aromatic nitrogens is 5. The van der Waals surface area contributed by atoms with E-state index in [0.29, 0.717) is 24.7 Å². The Morgan fingerprint density at radius 3 is 2.70 bits per heavy atom. The van der Waals surface area contributed by atoms with Gasteiger partial charge >= 0.3 is 5.97 Å². The van der Waals surface area contributed by atoms with Gasteiger partial charge < -0.3 is 14.5 Å². The predicted octanol–water partition coefficient (Wildman–Crippen LogP) is 2.13. The van der Waals surface area contributed by atoms with Gasteiger partial charge in [-0.05, 0) is 43.5 Å². The Labute approximate surface area is 172 Å². The highest BCUT2D eigenvalue weighted by Gasteiger charge is 2.28. The molecule has 0 atom stereocenters. The summed E-state index contributed by atoms with van der Waals surface area (Å²) in [7, 11) is 0. The molecule has 1 aromatic carbocycles. The SMILES string of the molecule is Cc1ccc(C)c(C(=O)C2CCN(c3cc(-c4nnn(CC(=O)O)n4)on3)CC2)c1. The van der Waals surface area contributed by atoms with Crippen LogP contribution in [0.2, 0.25) is 0 Å². The third kappa shape index (κ3) is 4.07. The third-order valence-corrected chi connectivity index (χ3v) is 5.30. The molecule has 1 fully saturated rings. The number of hydrogen-bond donors (Lipinski definition) is 1. The lowest BCUT2D eigenvalue weighted by Crippen LogP contribution is -2.36. The molecule has 3 aromatic rings. The summed E-state index contributed by atoms with van der Waals surface area (Å²) in [6.45, 7) is 4.96. The largest absolute Gasteiger partial charge is 0.480 e. The fraction of sp³-hybridized carbons (Fsp3) is 0.400. The number of benzene rings is 1. The monoisotopic (exact) mass is 410 g/mol. The molecule has 1 N–H and O–H groups in total. The molecule has 3 heterocycles. The highest BCUT2D eigenvalue weighted by atomic mass is 16.5.